The third-order valence-electron chi connectivity index (χ3n) is 4.65. The van der Waals surface area contributed by atoms with Crippen molar-refractivity contribution in [3.05, 3.63) is 89.4 Å². The molecule has 0 fully saturated rings. The van der Waals surface area contributed by atoms with E-state index in [1.807, 2.05) is 31.2 Å². The number of hydrogen-bond donors (Lipinski definition) is 1. The lowest BCUT2D eigenvalue weighted by atomic mass is 10.1. The number of amides is 1. The van der Waals surface area contributed by atoms with E-state index in [9.17, 15) is 13.2 Å². The lowest BCUT2D eigenvalue weighted by molar-refractivity contribution is -0.119. The van der Waals surface area contributed by atoms with Gasteiger partial charge in [-0.05, 0) is 74.0 Å². The van der Waals surface area contributed by atoms with Crippen LogP contribution >= 0.6 is 11.6 Å². The summed E-state index contributed by atoms with van der Waals surface area (Å²) in [6.45, 7) is 3.74. The third kappa shape index (κ3) is 6.34. The van der Waals surface area contributed by atoms with Crippen molar-refractivity contribution in [3.8, 4) is 5.75 Å². The largest absolute Gasteiger partial charge is 0.494 e. The Hall–Kier alpha value is -3.36. The van der Waals surface area contributed by atoms with Gasteiger partial charge < -0.3 is 4.74 Å². The predicted molar refractivity (Wildman–Crippen MR) is 130 cm³/mol. The molecule has 0 aliphatic heterocycles. The van der Waals surface area contributed by atoms with Gasteiger partial charge in [-0.15, -0.1) is 0 Å². The standard InChI is InChI=1S/C24H24ClN3O4S/c1-3-32-22-14-12-19(13-15-22)18(2)26-27-24(29)17-28(21-9-7-8-20(25)16-21)33(30,31)23-10-5-4-6-11-23/h4-16H,3,17H2,1-2H3,(H,27,29). The molecular weight excluding hydrogens is 462 g/mol. The monoisotopic (exact) mass is 485 g/mol. The zero-order valence-corrected chi connectivity index (χ0v) is 19.8. The summed E-state index contributed by atoms with van der Waals surface area (Å²) in [5.74, 6) is 0.140. The zero-order valence-electron chi connectivity index (χ0n) is 18.2. The van der Waals surface area contributed by atoms with Crippen LogP contribution in [0.25, 0.3) is 0 Å². The molecule has 9 heteroatoms. The summed E-state index contributed by atoms with van der Waals surface area (Å²) in [6.07, 6.45) is 0. The summed E-state index contributed by atoms with van der Waals surface area (Å²) >= 11 is 6.07. The van der Waals surface area contributed by atoms with Gasteiger partial charge in [0.1, 0.15) is 12.3 Å². The first-order chi connectivity index (χ1) is 15.8. The third-order valence-corrected chi connectivity index (χ3v) is 6.67. The zero-order chi connectivity index (χ0) is 23.8. The number of rotatable bonds is 9. The summed E-state index contributed by atoms with van der Waals surface area (Å²) in [5, 5.41) is 4.47. The fourth-order valence-electron chi connectivity index (χ4n) is 3.00. The Labute approximate surface area is 198 Å². The van der Waals surface area contributed by atoms with Crippen molar-refractivity contribution < 1.29 is 17.9 Å². The average Bonchev–Trinajstić information content (AvgIpc) is 2.82. The number of halogens is 1. The molecule has 0 atom stereocenters. The molecule has 3 aromatic carbocycles. The van der Waals surface area contributed by atoms with Crippen molar-refractivity contribution in [3.63, 3.8) is 0 Å². The van der Waals surface area contributed by atoms with Gasteiger partial charge in [-0.2, -0.15) is 5.10 Å². The second kappa shape index (κ2) is 11.0. The lowest BCUT2D eigenvalue weighted by Crippen LogP contribution is -2.39. The van der Waals surface area contributed by atoms with E-state index in [0.717, 1.165) is 15.6 Å². The van der Waals surface area contributed by atoms with E-state index in [2.05, 4.69) is 10.5 Å². The molecule has 7 nitrogen and oxygen atoms in total. The quantitative estimate of drug-likeness (QED) is 0.357. The molecule has 0 aromatic heterocycles. The summed E-state index contributed by atoms with van der Waals surface area (Å²) in [7, 11) is -4.02. The molecule has 0 bridgehead atoms. The van der Waals surface area contributed by atoms with E-state index < -0.39 is 22.5 Å². The maximum atomic E-state index is 13.3. The number of sulfonamides is 1. The van der Waals surface area contributed by atoms with Crippen molar-refractivity contribution in [1.82, 2.24) is 5.43 Å². The minimum absolute atomic E-state index is 0.0619. The van der Waals surface area contributed by atoms with Crippen LogP contribution in [-0.2, 0) is 14.8 Å². The maximum absolute atomic E-state index is 13.3. The number of benzene rings is 3. The summed E-state index contributed by atoms with van der Waals surface area (Å²) in [5.41, 5.74) is 4.07. The van der Waals surface area contributed by atoms with E-state index in [1.54, 1.807) is 43.3 Å². The molecular formula is C24H24ClN3O4S. The average molecular weight is 486 g/mol. The molecule has 0 spiro atoms. The fourth-order valence-corrected chi connectivity index (χ4v) is 4.62. The molecule has 3 aromatic rings. The predicted octanol–water partition coefficient (Wildman–Crippen LogP) is 4.47. The Morgan fingerprint density at radius 2 is 1.73 bits per heavy atom. The van der Waals surface area contributed by atoms with Crippen LogP contribution in [0, 0.1) is 0 Å². The first-order valence-electron chi connectivity index (χ1n) is 10.2. The minimum Gasteiger partial charge on any atom is -0.494 e. The summed E-state index contributed by atoms with van der Waals surface area (Å²) < 4.78 is 33.0. The van der Waals surface area contributed by atoms with Crippen LogP contribution < -0.4 is 14.5 Å². The molecule has 0 radical (unpaired) electrons. The van der Waals surface area contributed by atoms with Gasteiger partial charge in [-0.25, -0.2) is 13.8 Å². The van der Waals surface area contributed by atoms with Crippen LogP contribution in [0.2, 0.25) is 5.02 Å². The molecule has 0 heterocycles. The highest BCUT2D eigenvalue weighted by Crippen LogP contribution is 2.26. The van der Waals surface area contributed by atoms with Gasteiger partial charge in [0.2, 0.25) is 0 Å². The molecule has 172 valence electrons. The van der Waals surface area contributed by atoms with Gasteiger partial charge in [0.05, 0.1) is 22.9 Å². The SMILES string of the molecule is CCOc1ccc(C(C)=NNC(=O)CN(c2cccc(Cl)c2)S(=O)(=O)c2ccccc2)cc1. The van der Waals surface area contributed by atoms with Crippen molar-refractivity contribution in [2.45, 2.75) is 18.7 Å². The van der Waals surface area contributed by atoms with Gasteiger partial charge in [0.25, 0.3) is 15.9 Å². The number of hydrazone groups is 1. The number of carbonyl (C=O) groups is 1. The first kappa shape index (κ1) is 24.3. The Morgan fingerprint density at radius 3 is 2.36 bits per heavy atom. The Balaban J connectivity index is 1.81. The van der Waals surface area contributed by atoms with Crippen LogP contribution in [0.3, 0.4) is 0 Å². The number of anilines is 1. The molecule has 3 rings (SSSR count). The second-order valence-corrected chi connectivity index (χ2v) is 9.29. The van der Waals surface area contributed by atoms with Crippen molar-refractivity contribution in [2.24, 2.45) is 5.10 Å². The van der Waals surface area contributed by atoms with Gasteiger partial charge in [-0.3, -0.25) is 9.10 Å². The highest BCUT2D eigenvalue weighted by Gasteiger charge is 2.27. The van der Waals surface area contributed by atoms with E-state index in [1.165, 1.54) is 18.2 Å². The highest BCUT2D eigenvalue weighted by atomic mass is 35.5. The summed E-state index contributed by atoms with van der Waals surface area (Å²) in [6, 6.07) is 21.5. The Kier molecular flexibility index (Phi) is 8.08. The molecule has 0 saturated heterocycles. The number of nitrogens with one attached hydrogen (secondary N) is 1. The maximum Gasteiger partial charge on any atom is 0.264 e. The lowest BCUT2D eigenvalue weighted by Gasteiger charge is -2.23. The molecule has 1 N–H and O–H groups in total. The number of hydrogen-bond acceptors (Lipinski definition) is 5. The summed E-state index contributed by atoms with van der Waals surface area (Å²) in [4.78, 5) is 12.7. The minimum atomic E-state index is -4.02. The van der Waals surface area contributed by atoms with Crippen LogP contribution in [0.15, 0.2) is 88.9 Å². The van der Waals surface area contributed by atoms with Crippen LogP contribution in [0.5, 0.6) is 5.75 Å². The van der Waals surface area contributed by atoms with Crippen LogP contribution in [0.1, 0.15) is 19.4 Å². The van der Waals surface area contributed by atoms with E-state index in [0.29, 0.717) is 17.3 Å². The molecule has 1 amide bonds. The number of carbonyl (C=O) groups excluding carboxylic acids is 1. The first-order valence-corrected chi connectivity index (χ1v) is 12.0. The topological polar surface area (TPSA) is 88.1 Å². The normalized spacial score (nSPS) is 11.7. The Bertz CT molecular complexity index is 1230. The van der Waals surface area contributed by atoms with Crippen molar-refractivity contribution >= 4 is 38.9 Å². The van der Waals surface area contributed by atoms with E-state index in [4.69, 9.17) is 16.3 Å². The molecule has 0 aliphatic rings. The number of nitrogens with zero attached hydrogens (tertiary/aromatic N) is 2. The Morgan fingerprint density at radius 1 is 1.03 bits per heavy atom. The van der Waals surface area contributed by atoms with Crippen molar-refractivity contribution in [1.29, 1.82) is 0 Å². The van der Waals surface area contributed by atoms with Gasteiger partial charge in [-0.1, -0.05) is 35.9 Å². The van der Waals surface area contributed by atoms with Gasteiger partial charge in [0.15, 0.2) is 0 Å². The van der Waals surface area contributed by atoms with E-state index >= 15 is 0 Å². The molecule has 0 unspecified atom stereocenters. The van der Waals surface area contributed by atoms with Crippen molar-refractivity contribution in [2.75, 3.05) is 17.5 Å². The highest BCUT2D eigenvalue weighted by molar-refractivity contribution is 7.92. The molecule has 0 saturated carbocycles. The second-order valence-electron chi connectivity index (χ2n) is 6.99. The molecule has 33 heavy (non-hydrogen) atoms. The van der Waals surface area contributed by atoms with Crippen LogP contribution in [0.4, 0.5) is 5.69 Å². The fraction of sp³-hybridized carbons (Fsp3) is 0.167. The van der Waals surface area contributed by atoms with Gasteiger partial charge in [0, 0.05) is 5.02 Å². The smallest absolute Gasteiger partial charge is 0.264 e. The molecule has 0 aliphatic carbocycles. The number of ether oxygens (including phenoxy) is 1. The van der Waals surface area contributed by atoms with Gasteiger partial charge >= 0.3 is 0 Å². The van der Waals surface area contributed by atoms with E-state index in [-0.39, 0.29) is 10.6 Å². The van der Waals surface area contributed by atoms with Crippen LogP contribution in [-0.4, -0.2) is 33.2 Å².